The molecule has 1 aliphatic rings. The first kappa shape index (κ1) is 13.4. The highest BCUT2D eigenvalue weighted by Crippen LogP contribution is 2.00. The zero-order chi connectivity index (χ0) is 13.9. The fourth-order valence-corrected chi connectivity index (χ4v) is 3.55. The molecule has 0 amide bonds. The summed E-state index contributed by atoms with van der Waals surface area (Å²) in [5, 5.41) is 0. The van der Waals surface area contributed by atoms with Gasteiger partial charge in [-0.3, -0.25) is 0 Å². The maximum Gasteiger partial charge on any atom is 0.192 e. The molecule has 1 N–H and O–H groups in total. The first-order valence-corrected chi connectivity index (χ1v) is 7.73. The molecule has 0 saturated carbocycles. The Morgan fingerprint density at radius 3 is 1.65 bits per heavy atom. The van der Waals surface area contributed by atoms with Crippen molar-refractivity contribution in [2.75, 3.05) is 13.1 Å². The highest BCUT2D eigenvalue weighted by molar-refractivity contribution is 6.79. The summed E-state index contributed by atoms with van der Waals surface area (Å²) >= 11 is 0. The van der Waals surface area contributed by atoms with Crippen LogP contribution in [0.1, 0.15) is 24.0 Å². The smallest absolute Gasteiger partial charge is 0.192 e. The van der Waals surface area contributed by atoms with Gasteiger partial charge in [-0.15, -0.1) is 0 Å². The summed E-state index contributed by atoms with van der Waals surface area (Å²) in [6.45, 7) is 7.59. The van der Waals surface area contributed by atoms with Crippen molar-refractivity contribution < 1.29 is 4.81 Å². The van der Waals surface area contributed by atoms with Gasteiger partial charge >= 0.3 is 0 Å². The average Bonchev–Trinajstić information content (AvgIpc) is 2.97. The van der Waals surface area contributed by atoms with Gasteiger partial charge in [0, 0.05) is 13.1 Å². The van der Waals surface area contributed by atoms with Gasteiger partial charge in [0.1, 0.15) is 0 Å². The molecule has 0 aromatic heterocycles. The van der Waals surface area contributed by atoms with E-state index in [1.807, 2.05) is 0 Å². The first-order chi connectivity index (χ1) is 9.77. The van der Waals surface area contributed by atoms with E-state index < -0.39 is 0 Å². The molecular weight excluding hydrogens is 241 g/mol. The van der Waals surface area contributed by atoms with Gasteiger partial charge in [0.2, 0.25) is 0 Å². The van der Waals surface area contributed by atoms with E-state index in [4.69, 9.17) is 0 Å². The van der Waals surface area contributed by atoms with Crippen LogP contribution in [0.4, 0.5) is 0 Å². The quantitative estimate of drug-likeness (QED) is 0.791. The summed E-state index contributed by atoms with van der Waals surface area (Å²) in [6.07, 6.45) is 2.73. The van der Waals surface area contributed by atoms with Gasteiger partial charge in [-0.25, -0.2) is 0 Å². The van der Waals surface area contributed by atoms with Crippen molar-refractivity contribution in [1.82, 2.24) is 0 Å². The van der Waals surface area contributed by atoms with E-state index in [2.05, 4.69) is 62.4 Å². The van der Waals surface area contributed by atoms with Crippen LogP contribution in [0.5, 0.6) is 0 Å². The first-order valence-electron chi connectivity index (χ1n) is 7.73. The van der Waals surface area contributed by atoms with Gasteiger partial charge < -0.3 is 4.81 Å². The van der Waals surface area contributed by atoms with Crippen LogP contribution in [-0.4, -0.2) is 19.9 Å². The maximum absolute atomic E-state index is 2.32. The lowest BCUT2D eigenvalue weighted by Crippen LogP contribution is -3.20. The third-order valence-electron chi connectivity index (χ3n) is 4.65. The second-order valence-electron chi connectivity index (χ2n) is 6.01. The third kappa shape index (κ3) is 2.53. The molecule has 0 spiro atoms. The highest BCUT2D eigenvalue weighted by atomic mass is 15.1. The van der Waals surface area contributed by atoms with E-state index in [9.17, 15) is 0 Å². The highest BCUT2D eigenvalue weighted by Gasteiger charge is 2.23. The Hall–Kier alpha value is -1.54. The van der Waals surface area contributed by atoms with Crippen molar-refractivity contribution in [3.63, 3.8) is 0 Å². The van der Waals surface area contributed by atoms with E-state index in [1.54, 1.807) is 4.81 Å². The van der Waals surface area contributed by atoms with Crippen molar-refractivity contribution in [3.05, 3.63) is 59.7 Å². The van der Waals surface area contributed by atoms with Gasteiger partial charge in [0.15, 0.2) is 6.85 Å². The molecule has 2 aromatic rings. The molecule has 2 aromatic carbocycles. The molecule has 0 unspecified atom stereocenters. The molecule has 2 heteroatoms. The fraction of sp³-hybridized carbons (Fsp3) is 0.333. The number of quaternary nitrogens is 1. The van der Waals surface area contributed by atoms with Crippen molar-refractivity contribution in [3.8, 4) is 0 Å². The SMILES string of the molecule is Cc1ccccc1[B-](c1ccccc1C)[NH+]1CCCC1. The average molecular weight is 264 g/mol. The summed E-state index contributed by atoms with van der Waals surface area (Å²) in [6, 6.07) is 17.8. The van der Waals surface area contributed by atoms with Gasteiger partial charge in [0.25, 0.3) is 0 Å². The lowest BCUT2D eigenvalue weighted by Gasteiger charge is -2.37. The van der Waals surface area contributed by atoms with Crippen LogP contribution >= 0.6 is 0 Å². The molecule has 1 fully saturated rings. The summed E-state index contributed by atoms with van der Waals surface area (Å²) < 4.78 is 0. The van der Waals surface area contributed by atoms with Crippen LogP contribution in [0.2, 0.25) is 0 Å². The summed E-state index contributed by atoms with van der Waals surface area (Å²) in [5.74, 6) is 0. The molecule has 20 heavy (non-hydrogen) atoms. The second kappa shape index (κ2) is 5.84. The molecular formula is C18H23BN. The van der Waals surface area contributed by atoms with E-state index in [0.29, 0.717) is 6.85 Å². The van der Waals surface area contributed by atoms with Crippen molar-refractivity contribution in [2.24, 2.45) is 0 Å². The Bertz CT molecular complexity index is 542. The topological polar surface area (TPSA) is 4.44 Å². The maximum atomic E-state index is 2.32. The largest absolute Gasteiger partial charge is 0.540 e. The lowest BCUT2D eigenvalue weighted by molar-refractivity contribution is -0.772. The molecule has 1 nitrogen and oxygen atoms in total. The molecule has 0 aliphatic carbocycles. The third-order valence-corrected chi connectivity index (χ3v) is 4.65. The Balaban J connectivity index is 2.09. The molecule has 1 saturated heterocycles. The molecule has 0 bridgehead atoms. The Labute approximate surface area is 122 Å². The van der Waals surface area contributed by atoms with E-state index in [-0.39, 0.29) is 0 Å². The minimum Gasteiger partial charge on any atom is -0.540 e. The van der Waals surface area contributed by atoms with Crippen LogP contribution in [0.3, 0.4) is 0 Å². The predicted molar refractivity (Wildman–Crippen MR) is 87.3 cm³/mol. The second-order valence-corrected chi connectivity index (χ2v) is 6.01. The molecule has 0 atom stereocenters. The Kier molecular flexibility index (Phi) is 3.93. The minimum atomic E-state index is 0.500. The minimum absolute atomic E-state index is 0.500. The van der Waals surface area contributed by atoms with Gasteiger partial charge in [-0.1, -0.05) is 59.7 Å². The number of hydrogen-bond donors (Lipinski definition) is 1. The Morgan fingerprint density at radius 2 is 1.20 bits per heavy atom. The van der Waals surface area contributed by atoms with Crippen LogP contribution in [0.25, 0.3) is 0 Å². The van der Waals surface area contributed by atoms with E-state index >= 15 is 0 Å². The lowest BCUT2D eigenvalue weighted by atomic mass is 9.47. The summed E-state index contributed by atoms with van der Waals surface area (Å²) in [4.78, 5) is 1.73. The van der Waals surface area contributed by atoms with Crippen LogP contribution in [0, 0.1) is 13.8 Å². The normalized spacial score (nSPS) is 15.9. The van der Waals surface area contributed by atoms with Crippen LogP contribution in [-0.2, 0) is 0 Å². The number of rotatable bonds is 3. The van der Waals surface area contributed by atoms with Gasteiger partial charge in [-0.05, 0) is 26.7 Å². The molecule has 1 aliphatic heterocycles. The van der Waals surface area contributed by atoms with E-state index in [1.165, 1.54) is 48.0 Å². The summed E-state index contributed by atoms with van der Waals surface area (Å²) in [5.41, 5.74) is 5.83. The van der Waals surface area contributed by atoms with Crippen molar-refractivity contribution in [1.29, 1.82) is 0 Å². The van der Waals surface area contributed by atoms with E-state index in [0.717, 1.165) is 0 Å². The Morgan fingerprint density at radius 1 is 0.750 bits per heavy atom. The summed E-state index contributed by atoms with van der Waals surface area (Å²) in [7, 11) is 0. The van der Waals surface area contributed by atoms with Crippen molar-refractivity contribution in [2.45, 2.75) is 26.7 Å². The molecule has 1 radical (unpaired) electrons. The predicted octanol–water partition coefficient (Wildman–Crippen LogP) is 1.09. The number of benzene rings is 2. The number of aryl methyl sites for hydroxylation is 2. The van der Waals surface area contributed by atoms with Crippen molar-refractivity contribution >= 4 is 17.8 Å². The zero-order valence-electron chi connectivity index (χ0n) is 12.5. The number of hydrogen-bond acceptors (Lipinski definition) is 0. The number of nitrogens with one attached hydrogen (secondary N) is 1. The zero-order valence-corrected chi connectivity index (χ0v) is 12.5. The van der Waals surface area contributed by atoms with Crippen LogP contribution < -0.4 is 15.7 Å². The van der Waals surface area contributed by atoms with Crippen LogP contribution in [0.15, 0.2) is 48.5 Å². The molecule has 3 rings (SSSR count). The molecule has 1 heterocycles. The standard InChI is InChI=1S/C18H23BN/c1-15-9-3-5-11-17(15)19(20-13-7-8-14-20)18-12-6-4-10-16(18)2/h3-6,9-12,20H,7-8,13-14H2,1-2H3. The van der Waals surface area contributed by atoms with Gasteiger partial charge in [0.05, 0.1) is 0 Å². The molecule has 103 valence electrons. The monoisotopic (exact) mass is 264 g/mol. The van der Waals surface area contributed by atoms with Gasteiger partial charge in [-0.2, -0.15) is 10.9 Å². The fourth-order valence-electron chi connectivity index (χ4n) is 3.55.